The molecule has 0 unspecified atom stereocenters. The Balaban J connectivity index is 0.000000654. The second kappa shape index (κ2) is 9.98. The van der Waals surface area contributed by atoms with Crippen LogP contribution in [0.2, 0.25) is 5.02 Å². The minimum absolute atomic E-state index is 0.0774. The zero-order chi connectivity index (χ0) is 24.1. The monoisotopic (exact) mass is 483 g/mol. The second-order valence-corrected chi connectivity index (χ2v) is 9.18. The number of carbonyl (C=O) groups excluding carboxylic acids is 2. The molecule has 1 aliphatic carbocycles. The summed E-state index contributed by atoms with van der Waals surface area (Å²) in [6, 6.07) is 10.6. The summed E-state index contributed by atoms with van der Waals surface area (Å²) in [4.78, 5) is 28.2. The van der Waals surface area contributed by atoms with E-state index in [1.165, 1.54) is 30.3 Å². The first-order valence-electron chi connectivity index (χ1n) is 9.12. The van der Waals surface area contributed by atoms with Crippen molar-refractivity contribution in [3.63, 3.8) is 0 Å². The SMILES string of the molecule is CC1(C(=O)Oc2cc(Cl)cc(OC(=O)c3ccc(N=C(N)N)cc3)c2)CC1.CS(=O)(=O)O. The van der Waals surface area contributed by atoms with Gasteiger partial charge < -0.3 is 20.9 Å². The van der Waals surface area contributed by atoms with Crippen LogP contribution in [0.4, 0.5) is 5.69 Å². The highest BCUT2D eigenvalue weighted by atomic mass is 35.5. The molecule has 0 radical (unpaired) electrons. The van der Waals surface area contributed by atoms with Gasteiger partial charge in [-0.2, -0.15) is 8.42 Å². The van der Waals surface area contributed by atoms with E-state index in [4.69, 9.17) is 37.1 Å². The fourth-order valence-electron chi connectivity index (χ4n) is 2.26. The van der Waals surface area contributed by atoms with Crippen molar-refractivity contribution < 1.29 is 32.0 Å². The molecule has 10 nitrogen and oxygen atoms in total. The smallest absolute Gasteiger partial charge is 0.343 e. The van der Waals surface area contributed by atoms with Crippen LogP contribution in [0.3, 0.4) is 0 Å². The normalized spacial score (nSPS) is 13.8. The highest BCUT2D eigenvalue weighted by Crippen LogP contribution is 2.46. The number of carbonyl (C=O) groups is 2. The maximum Gasteiger partial charge on any atom is 0.343 e. The number of hydrogen-bond donors (Lipinski definition) is 3. The van der Waals surface area contributed by atoms with Crippen LogP contribution in [0.1, 0.15) is 30.1 Å². The zero-order valence-electron chi connectivity index (χ0n) is 17.2. The van der Waals surface area contributed by atoms with Gasteiger partial charge in [0.25, 0.3) is 10.1 Å². The molecular weight excluding hydrogens is 462 g/mol. The number of rotatable bonds is 5. The van der Waals surface area contributed by atoms with E-state index < -0.39 is 21.5 Å². The molecule has 32 heavy (non-hydrogen) atoms. The lowest BCUT2D eigenvalue weighted by molar-refractivity contribution is -0.139. The molecule has 0 saturated heterocycles. The van der Waals surface area contributed by atoms with E-state index in [9.17, 15) is 18.0 Å². The predicted octanol–water partition coefficient (Wildman–Crippen LogP) is 2.67. The van der Waals surface area contributed by atoms with Crippen molar-refractivity contribution in [2.45, 2.75) is 19.8 Å². The van der Waals surface area contributed by atoms with Crippen molar-refractivity contribution in [2.75, 3.05) is 6.26 Å². The third kappa shape index (κ3) is 8.53. The molecule has 12 heteroatoms. The summed E-state index contributed by atoms with van der Waals surface area (Å²) in [6.45, 7) is 1.84. The lowest BCUT2D eigenvalue weighted by Gasteiger charge is -2.11. The minimum Gasteiger partial charge on any atom is -0.426 e. The van der Waals surface area contributed by atoms with E-state index in [-0.39, 0.29) is 28.5 Å². The van der Waals surface area contributed by atoms with Crippen LogP contribution in [0.15, 0.2) is 47.5 Å². The first-order valence-corrected chi connectivity index (χ1v) is 11.3. The zero-order valence-corrected chi connectivity index (χ0v) is 18.8. The molecule has 0 heterocycles. The van der Waals surface area contributed by atoms with Crippen molar-refractivity contribution >= 4 is 45.3 Å². The average molecular weight is 484 g/mol. The number of halogens is 1. The summed E-state index contributed by atoms with van der Waals surface area (Å²) in [5.41, 5.74) is 11.0. The number of nitrogens with two attached hydrogens (primary N) is 2. The van der Waals surface area contributed by atoms with Gasteiger partial charge in [0.05, 0.1) is 22.9 Å². The topological polar surface area (TPSA) is 171 Å². The number of aliphatic imine (C=N–C) groups is 1. The van der Waals surface area contributed by atoms with Crippen LogP contribution in [0, 0.1) is 5.41 Å². The van der Waals surface area contributed by atoms with Gasteiger partial charge in [-0.1, -0.05) is 11.6 Å². The van der Waals surface area contributed by atoms with Crippen LogP contribution in [-0.4, -0.2) is 37.1 Å². The number of ether oxygens (including phenoxy) is 2. The molecule has 1 saturated carbocycles. The number of nitrogens with zero attached hydrogens (tertiary/aromatic N) is 1. The predicted molar refractivity (Wildman–Crippen MR) is 119 cm³/mol. The lowest BCUT2D eigenvalue weighted by atomic mass is 10.1. The Kier molecular flexibility index (Phi) is 7.83. The summed E-state index contributed by atoms with van der Waals surface area (Å²) in [6.07, 6.45) is 2.31. The van der Waals surface area contributed by atoms with Gasteiger partial charge in [-0.05, 0) is 56.2 Å². The van der Waals surface area contributed by atoms with Crippen LogP contribution in [-0.2, 0) is 14.9 Å². The Morgan fingerprint density at radius 2 is 1.56 bits per heavy atom. The third-order valence-corrected chi connectivity index (χ3v) is 4.34. The first kappa shape index (κ1) is 25.1. The van der Waals surface area contributed by atoms with E-state index in [1.807, 2.05) is 6.92 Å². The fourth-order valence-corrected chi connectivity index (χ4v) is 2.48. The third-order valence-electron chi connectivity index (χ3n) is 4.12. The Morgan fingerprint density at radius 3 is 2.03 bits per heavy atom. The molecule has 5 N–H and O–H groups in total. The molecule has 3 rings (SSSR count). The molecule has 0 atom stereocenters. The van der Waals surface area contributed by atoms with E-state index in [0.29, 0.717) is 17.5 Å². The molecule has 0 spiro atoms. The molecule has 1 aliphatic rings. The number of esters is 2. The molecular formula is C20H22ClN3O7S. The highest BCUT2D eigenvalue weighted by molar-refractivity contribution is 7.85. The maximum atomic E-state index is 12.3. The molecule has 2 aromatic rings. The minimum atomic E-state index is -3.67. The Hall–Kier alpha value is -3.15. The van der Waals surface area contributed by atoms with Gasteiger partial charge in [-0.25, -0.2) is 9.79 Å². The largest absolute Gasteiger partial charge is 0.426 e. The first-order chi connectivity index (χ1) is 14.7. The fraction of sp³-hybridized carbons (Fsp3) is 0.250. The molecule has 1 fully saturated rings. The quantitative estimate of drug-likeness (QED) is 0.190. The number of benzene rings is 2. The number of hydrogen-bond acceptors (Lipinski definition) is 7. The molecule has 0 aromatic heterocycles. The van der Waals surface area contributed by atoms with Crippen molar-refractivity contribution in [1.82, 2.24) is 0 Å². The molecule has 0 amide bonds. The Bertz CT molecular complexity index is 1130. The van der Waals surface area contributed by atoms with Crippen molar-refractivity contribution in [3.8, 4) is 11.5 Å². The Labute approximate surface area is 189 Å². The van der Waals surface area contributed by atoms with E-state index in [2.05, 4.69) is 4.99 Å². The lowest BCUT2D eigenvalue weighted by Crippen LogP contribution is -2.21. The van der Waals surface area contributed by atoms with Crippen LogP contribution >= 0.6 is 11.6 Å². The van der Waals surface area contributed by atoms with Gasteiger partial charge in [0.2, 0.25) is 0 Å². The summed E-state index contributed by atoms with van der Waals surface area (Å²) >= 11 is 6.04. The molecule has 2 aromatic carbocycles. The average Bonchev–Trinajstić information content (AvgIpc) is 3.39. The summed E-state index contributed by atoms with van der Waals surface area (Å²) < 4.78 is 36.5. The second-order valence-electron chi connectivity index (χ2n) is 7.28. The van der Waals surface area contributed by atoms with Gasteiger partial charge in [0.1, 0.15) is 11.5 Å². The Morgan fingerprint density at radius 1 is 1.06 bits per heavy atom. The van der Waals surface area contributed by atoms with Gasteiger partial charge in [0.15, 0.2) is 5.96 Å². The van der Waals surface area contributed by atoms with Crippen LogP contribution in [0.25, 0.3) is 0 Å². The van der Waals surface area contributed by atoms with Crippen molar-refractivity contribution in [1.29, 1.82) is 0 Å². The highest BCUT2D eigenvalue weighted by Gasteiger charge is 2.46. The molecule has 172 valence electrons. The summed E-state index contributed by atoms with van der Waals surface area (Å²) in [5, 5.41) is 0.284. The van der Waals surface area contributed by atoms with E-state index >= 15 is 0 Å². The summed E-state index contributed by atoms with van der Waals surface area (Å²) in [7, 11) is -3.67. The summed E-state index contributed by atoms with van der Waals surface area (Å²) in [5.74, 6) is -0.597. The van der Waals surface area contributed by atoms with Crippen molar-refractivity contribution in [2.24, 2.45) is 21.9 Å². The number of guanidine groups is 1. The standard InChI is InChI=1S/C19H18ClN3O4.CH4O3S/c1-19(6-7-19)17(25)27-15-9-12(20)8-14(10-15)26-16(24)11-2-4-13(5-3-11)23-18(21)22;1-5(2,3)4/h2-5,8-10H,6-7H2,1H3,(H4,21,22,23);1H3,(H,2,3,4). The van der Waals surface area contributed by atoms with E-state index in [0.717, 1.165) is 12.8 Å². The van der Waals surface area contributed by atoms with Crippen molar-refractivity contribution in [3.05, 3.63) is 53.1 Å². The van der Waals surface area contributed by atoms with Gasteiger partial charge in [-0.3, -0.25) is 9.35 Å². The molecule has 0 aliphatic heterocycles. The van der Waals surface area contributed by atoms with Crippen LogP contribution < -0.4 is 20.9 Å². The van der Waals surface area contributed by atoms with Gasteiger partial charge >= 0.3 is 11.9 Å². The van der Waals surface area contributed by atoms with Crippen LogP contribution in [0.5, 0.6) is 11.5 Å². The molecule has 0 bridgehead atoms. The van der Waals surface area contributed by atoms with Gasteiger partial charge in [0, 0.05) is 11.1 Å². The van der Waals surface area contributed by atoms with E-state index in [1.54, 1.807) is 12.1 Å². The van der Waals surface area contributed by atoms with Gasteiger partial charge in [-0.15, -0.1) is 0 Å². The maximum absolute atomic E-state index is 12.3.